The molecule has 5 nitrogen and oxygen atoms in total. The van der Waals surface area contributed by atoms with Crippen molar-refractivity contribution in [2.45, 2.75) is 31.1 Å². The highest BCUT2D eigenvalue weighted by Gasteiger charge is 2.39. The van der Waals surface area contributed by atoms with Gasteiger partial charge in [0.2, 0.25) is 10.3 Å². The largest absolute Gasteiger partial charge is 0.380 e. The van der Waals surface area contributed by atoms with Crippen LogP contribution in [0.4, 0.5) is 0 Å². The fourth-order valence-electron chi connectivity index (χ4n) is 2.32. The molecule has 0 aromatic carbocycles. The van der Waals surface area contributed by atoms with Gasteiger partial charge in [0, 0.05) is 14.7 Å². The molecular formula is C15H21IN2O3SSi. The number of aromatic nitrogens is 2. The summed E-state index contributed by atoms with van der Waals surface area (Å²) in [5, 5.41) is 0. The van der Waals surface area contributed by atoms with E-state index in [9.17, 15) is 8.42 Å². The third kappa shape index (κ3) is 4.65. The highest BCUT2D eigenvalue weighted by molar-refractivity contribution is 14.1. The fraction of sp³-hybridized carbons (Fsp3) is 0.467. The van der Waals surface area contributed by atoms with Crippen molar-refractivity contribution in [2.24, 2.45) is 0 Å². The van der Waals surface area contributed by atoms with Gasteiger partial charge in [0.05, 0.1) is 21.4 Å². The minimum Gasteiger partial charge on any atom is -0.380 e. The average molecular weight is 464 g/mol. The smallest absolute Gasteiger partial charge is 0.218 e. The predicted octanol–water partition coefficient (Wildman–Crippen LogP) is 2.78. The molecule has 1 aromatic heterocycles. The monoisotopic (exact) mass is 464 g/mol. The van der Waals surface area contributed by atoms with Gasteiger partial charge in [-0.1, -0.05) is 37.9 Å². The highest BCUT2D eigenvalue weighted by Crippen LogP contribution is 2.29. The maximum absolute atomic E-state index is 11.7. The number of nitrogens with one attached hydrogen (secondary N) is 1. The molecule has 1 aromatic rings. The number of H-pyrrole nitrogens is 1. The summed E-state index contributed by atoms with van der Waals surface area (Å²) in [7, 11) is -3.53. The van der Waals surface area contributed by atoms with E-state index >= 15 is 0 Å². The van der Waals surface area contributed by atoms with Crippen LogP contribution in [0.1, 0.15) is 5.82 Å². The molecule has 1 unspecified atom stereocenters. The number of hydrogen-bond donors (Lipinski definition) is 1. The Morgan fingerprint density at radius 2 is 2.09 bits per heavy atom. The second kappa shape index (κ2) is 7.45. The normalized spacial score (nSPS) is 21.0. The third-order valence-corrected chi connectivity index (χ3v) is 6.76. The quantitative estimate of drug-likeness (QED) is 0.304. The Morgan fingerprint density at radius 1 is 1.35 bits per heavy atom. The Kier molecular flexibility index (Phi) is 6.03. The summed E-state index contributed by atoms with van der Waals surface area (Å²) in [6, 6.07) is 1.04. The van der Waals surface area contributed by atoms with Crippen LogP contribution in [-0.2, 0) is 20.4 Å². The van der Waals surface area contributed by atoms with E-state index in [4.69, 9.17) is 4.74 Å². The van der Waals surface area contributed by atoms with Crippen molar-refractivity contribution < 1.29 is 13.2 Å². The Labute approximate surface area is 152 Å². The van der Waals surface area contributed by atoms with E-state index in [2.05, 4.69) is 52.2 Å². The van der Waals surface area contributed by atoms with Crippen molar-refractivity contribution in [3.8, 4) is 0 Å². The lowest BCUT2D eigenvalue weighted by Gasteiger charge is -2.29. The van der Waals surface area contributed by atoms with Gasteiger partial charge >= 0.3 is 0 Å². The fourth-order valence-corrected chi connectivity index (χ4v) is 4.18. The van der Waals surface area contributed by atoms with Crippen LogP contribution in [0.3, 0.4) is 0 Å². The van der Waals surface area contributed by atoms with E-state index in [-0.39, 0.29) is 11.5 Å². The van der Waals surface area contributed by atoms with E-state index in [1.807, 2.05) is 12.2 Å². The van der Waals surface area contributed by atoms with Gasteiger partial charge in [0.15, 0.2) is 0 Å². The van der Waals surface area contributed by atoms with Crippen LogP contribution < -0.4 is 0 Å². The number of rotatable bonds is 6. The average Bonchev–Trinajstić information content (AvgIpc) is 2.90. The minimum absolute atomic E-state index is 0.255. The summed E-state index contributed by atoms with van der Waals surface area (Å²) >= 11 is 2.12. The summed E-state index contributed by atoms with van der Waals surface area (Å²) < 4.78 is 30.2. The number of hydrogen-bond acceptors (Lipinski definition) is 4. The molecular weight excluding hydrogens is 443 g/mol. The topological polar surface area (TPSA) is 72.0 Å². The molecule has 0 radical (unpaired) electrons. The highest BCUT2D eigenvalue weighted by atomic mass is 127. The molecule has 0 saturated heterocycles. The molecule has 23 heavy (non-hydrogen) atoms. The zero-order valence-electron chi connectivity index (χ0n) is 13.5. The molecule has 0 spiro atoms. The molecule has 8 heteroatoms. The molecule has 1 aliphatic rings. The molecule has 1 heterocycles. The van der Waals surface area contributed by atoms with Gasteiger partial charge in [0.1, 0.15) is 11.2 Å². The third-order valence-electron chi connectivity index (χ3n) is 3.65. The Morgan fingerprint density at radius 3 is 2.65 bits per heavy atom. The molecule has 1 atom stereocenters. The summed E-state index contributed by atoms with van der Waals surface area (Å²) in [4.78, 5) is 7.79. The van der Waals surface area contributed by atoms with Crippen molar-refractivity contribution in [1.82, 2.24) is 9.97 Å². The second-order valence-electron chi connectivity index (χ2n) is 6.73. The van der Waals surface area contributed by atoms with Crippen molar-refractivity contribution in [1.29, 1.82) is 0 Å². The summed E-state index contributed by atoms with van der Waals surface area (Å²) in [5.74, 6) is 0.592. The number of allylic oxidation sites excluding steroid dienone is 3. The molecule has 0 bridgehead atoms. The Hall–Kier alpha value is -0.713. The van der Waals surface area contributed by atoms with Crippen molar-refractivity contribution in [3.63, 3.8) is 0 Å². The Bertz CT molecular complexity index is 754. The van der Waals surface area contributed by atoms with Crippen LogP contribution in [0.2, 0.25) is 25.7 Å². The predicted molar refractivity (Wildman–Crippen MR) is 104 cm³/mol. The van der Waals surface area contributed by atoms with Gasteiger partial charge in [-0.25, -0.2) is 4.98 Å². The number of ether oxygens (including phenoxy) is 1. The minimum atomic E-state index is -2.34. The maximum atomic E-state index is 11.7. The molecule has 0 amide bonds. The van der Waals surface area contributed by atoms with Crippen LogP contribution in [-0.4, -0.2) is 44.5 Å². The van der Waals surface area contributed by atoms with E-state index in [1.165, 1.54) is 0 Å². The summed E-state index contributed by atoms with van der Waals surface area (Å²) in [6.45, 7) is 7.74. The van der Waals surface area contributed by atoms with Gasteiger partial charge in [-0.2, -0.15) is 8.42 Å². The lowest BCUT2D eigenvalue weighted by Crippen LogP contribution is -2.41. The SMILES string of the molecule is C[Si](C)(C)CCOCC1(c2ncc(I)[nH]2)C=CC=CC1=S(=O)=O. The van der Waals surface area contributed by atoms with Gasteiger partial charge in [0.25, 0.3) is 0 Å². The first-order valence-corrected chi connectivity index (χ1v) is 13.2. The van der Waals surface area contributed by atoms with Gasteiger partial charge in [-0.3, -0.25) is 0 Å². The van der Waals surface area contributed by atoms with Gasteiger partial charge in [-0.15, -0.1) is 0 Å². The first-order chi connectivity index (χ1) is 10.7. The zero-order chi connectivity index (χ0) is 17.1. The van der Waals surface area contributed by atoms with Crippen LogP contribution in [0, 0.1) is 3.70 Å². The number of halogens is 1. The van der Waals surface area contributed by atoms with Crippen LogP contribution >= 0.6 is 22.6 Å². The van der Waals surface area contributed by atoms with Crippen LogP contribution in [0.25, 0.3) is 0 Å². The standard InChI is InChI=1S/C15H21IN2O3SSi/c1-23(2,3)9-8-21-11-15(14-17-10-13(16)18-14)7-5-4-6-12(15)22(19)20/h4-7,10H,8-9,11H2,1-3H3,(H,17,18). The van der Waals surface area contributed by atoms with Crippen molar-refractivity contribution in [2.75, 3.05) is 13.2 Å². The maximum Gasteiger partial charge on any atom is 0.218 e. The number of imidazole rings is 1. The second-order valence-corrected chi connectivity index (χ2v) is 14.4. The first-order valence-electron chi connectivity index (χ1n) is 7.36. The Balaban J connectivity index is 2.32. The molecule has 0 aliphatic heterocycles. The molecule has 1 N–H and O–H groups in total. The number of aromatic amines is 1. The molecule has 0 saturated carbocycles. The molecule has 1 aliphatic carbocycles. The van der Waals surface area contributed by atoms with Crippen LogP contribution in [0.15, 0.2) is 30.5 Å². The lowest BCUT2D eigenvalue weighted by atomic mass is 9.81. The van der Waals surface area contributed by atoms with Crippen molar-refractivity contribution in [3.05, 3.63) is 40.0 Å². The van der Waals surface area contributed by atoms with Crippen molar-refractivity contribution >= 4 is 45.8 Å². The van der Waals surface area contributed by atoms with Gasteiger partial charge < -0.3 is 9.72 Å². The number of nitrogens with zero attached hydrogens (tertiary/aromatic N) is 1. The first kappa shape index (κ1) is 18.6. The molecule has 126 valence electrons. The van der Waals surface area contributed by atoms with E-state index < -0.39 is 23.8 Å². The molecule has 0 fully saturated rings. The van der Waals surface area contributed by atoms with E-state index in [1.54, 1.807) is 18.3 Å². The van der Waals surface area contributed by atoms with Crippen LogP contribution in [0.5, 0.6) is 0 Å². The van der Waals surface area contributed by atoms with E-state index in [0.29, 0.717) is 12.4 Å². The lowest BCUT2D eigenvalue weighted by molar-refractivity contribution is 0.126. The summed E-state index contributed by atoms with van der Waals surface area (Å²) in [5.41, 5.74) is -0.885. The van der Waals surface area contributed by atoms with Gasteiger partial charge in [-0.05, 0) is 34.7 Å². The van der Waals surface area contributed by atoms with E-state index in [0.717, 1.165) is 9.74 Å². The summed E-state index contributed by atoms with van der Waals surface area (Å²) in [6.07, 6.45) is 8.71. The molecule has 2 rings (SSSR count). The zero-order valence-corrected chi connectivity index (χ0v) is 17.4.